The summed E-state index contributed by atoms with van der Waals surface area (Å²) >= 11 is 0. The van der Waals surface area contributed by atoms with Gasteiger partial charge in [-0.05, 0) is 32.6 Å². The van der Waals surface area contributed by atoms with Crippen LogP contribution in [0.3, 0.4) is 0 Å². The Hall–Kier alpha value is -0.0800. The average molecular weight is 241 g/mol. The third kappa shape index (κ3) is 6.42. The van der Waals surface area contributed by atoms with Crippen molar-refractivity contribution in [1.29, 1.82) is 0 Å². The van der Waals surface area contributed by atoms with Crippen molar-refractivity contribution in [3.05, 3.63) is 0 Å². The Bertz CT molecular complexity index is 184. The highest BCUT2D eigenvalue weighted by molar-refractivity contribution is 4.76. The molecule has 1 fully saturated rings. The van der Waals surface area contributed by atoms with Gasteiger partial charge in [-0.25, -0.2) is 0 Å². The molecular weight excluding hydrogens is 210 g/mol. The fourth-order valence-electron chi connectivity index (χ4n) is 2.55. The molecule has 0 bridgehead atoms. The lowest BCUT2D eigenvalue weighted by Crippen LogP contribution is -2.33. The molecule has 1 saturated heterocycles. The lowest BCUT2D eigenvalue weighted by molar-refractivity contribution is 0.105. The van der Waals surface area contributed by atoms with Crippen molar-refractivity contribution < 1.29 is 4.74 Å². The molecule has 0 aromatic rings. The second-order valence-electron chi connectivity index (χ2n) is 5.64. The van der Waals surface area contributed by atoms with E-state index >= 15 is 0 Å². The van der Waals surface area contributed by atoms with Gasteiger partial charge in [-0.1, -0.05) is 39.0 Å². The van der Waals surface area contributed by atoms with E-state index in [1.165, 1.54) is 44.9 Å². The van der Waals surface area contributed by atoms with Crippen LogP contribution in [0.15, 0.2) is 0 Å². The van der Waals surface area contributed by atoms with Gasteiger partial charge >= 0.3 is 0 Å². The maximum Gasteiger partial charge on any atom is 0.0588 e. The summed E-state index contributed by atoms with van der Waals surface area (Å²) in [5.41, 5.74) is 0. The minimum atomic E-state index is 0.458. The second-order valence-corrected chi connectivity index (χ2v) is 5.64. The molecule has 1 aliphatic heterocycles. The predicted molar refractivity (Wildman–Crippen MR) is 74.4 cm³/mol. The van der Waals surface area contributed by atoms with Crippen molar-refractivity contribution in [2.45, 2.75) is 77.9 Å². The van der Waals surface area contributed by atoms with E-state index in [-0.39, 0.29) is 0 Å². The van der Waals surface area contributed by atoms with Crippen molar-refractivity contribution >= 4 is 0 Å². The first-order valence-electron chi connectivity index (χ1n) is 7.59. The highest BCUT2D eigenvalue weighted by Crippen LogP contribution is 2.19. The molecule has 0 radical (unpaired) electrons. The van der Waals surface area contributed by atoms with Crippen molar-refractivity contribution in [3.8, 4) is 0 Å². The molecule has 17 heavy (non-hydrogen) atoms. The Morgan fingerprint density at radius 2 is 2.00 bits per heavy atom. The summed E-state index contributed by atoms with van der Waals surface area (Å²) in [5, 5.41) is 3.67. The van der Waals surface area contributed by atoms with Crippen molar-refractivity contribution in [3.63, 3.8) is 0 Å². The number of hydrogen-bond donors (Lipinski definition) is 1. The number of ether oxygens (including phenoxy) is 1. The van der Waals surface area contributed by atoms with Crippen LogP contribution in [0.1, 0.15) is 65.7 Å². The normalized spacial score (nSPS) is 26.3. The first-order chi connectivity index (χ1) is 8.24. The molecule has 0 aromatic heterocycles. The summed E-state index contributed by atoms with van der Waals surface area (Å²) in [6.45, 7) is 8.89. The molecule has 0 aliphatic carbocycles. The number of hydrogen-bond acceptors (Lipinski definition) is 2. The van der Waals surface area contributed by atoms with Crippen LogP contribution in [0.4, 0.5) is 0 Å². The Kier molecular flexibility index (Phi) is 7.87. The summed E-state index contributed by atoms with van der Waals surface area (Å²) in [6, 6.07) is 0.671. The van der Waals surface area contributed by atoms with Gasteiger partial charge in [0.15, 0.2) is 0 Å². The summed E-state index contributed by atoms with van der Waals surface area (Å²) < 4.78 is 5.58. The molecule has 3 atom stereocenters. The van der Waals surface area contributed by atoms with Crippen LogP contribution in [-0.4, -0.2) is 25.3 Å². The SMILES string of the molecule is CCCCCCCC(C)NCC1CCOC1C. The molecule has 1 heterocycles. The molecule has 0 amide bonds. The summed E-state index contributed by atoms with van der Waals surface area (Å²) in [5.74, 6) is 0.734. The first-order valence-corrected chi connectivity index (χ1v) is 7.59. The van der Waals surface area contributed by atoms with Crippen molar-refractivity contribution in [2.24, 2.45) is 5.92 Å². The zero-order valence-electron chi connectivity index (χ0n) is 12.0. The monoisotopic (exact) mass is 241 g/mol. The molecule has 0 aromatic carbocycles. The third-order valence-electron chi connectivity index (χ3n) is 4.00. The second kappa shape index (κ2) is 8.93. The minimum absolute atomic E-state index is 0.458. The Morgan fingerprint density at radius 3 is 2.65 bits per heavy atom. The van der Waals surface area contributed by atoms with Gasteiger partial charge in [0.1, 0.15) is 0 Å². The number of nitrogens with one attached hydrogen (secondary N) is 1. The van der Waals surface area contributed by atoms with Gasteiger partial charge in [0.05, 0.1) is 6.10 Å². The molecule has 0 spiro atoms. The maximum atomic E-state index is 5.58. The molecule has 1 aliphatic rings. The number of rotatable bonds is 9. The van der Waals surface area contributed by atoms with E-state index in [2.05, 4.69) is 26.1 Å². The van der Waals surface area contributed by atoms with E-state index in [0.717, 1.165) is 19.1 Å². The van der Waals surface area contributed by atoms with E-state index in [9.17, 15) is 0 Å². The molecule has 0 saturated carbocycles. The first kappa shape index (κ1) is 15.0. The van der Waals surface area contributed by atoms with Gasteiger partial charge in [0.25, 0.3) is 0 Å². The summed E-state index contributed by atoms with van der Waals surface area (Å²) in [7, 11) is 0. The van der Waals surface area contributed by atoms with Crippen molar-refractivity contribution in [1.82, 2.24) is 5.32 Å². The molecule has 2 nitrogen and oxygen atoms in total. The fraction of sp³-hybridized carbons (Fsp3) is 1.00. The van der Waals surface area contributed by atoms with Gasteiger partial charge in [0.2, 0.25) is 0 Å². The van der Waals surface area contributed by atoms with Crippen LogP contribution in [0.25, 0.3) is 0 Å². The highest BCUT2D eigenvalue weighted by atomic mass is 16.5. The zero-order valence-corrected chi connectivity index (χ0v) is 12.0. The third-order valence-corrected chi connectivity index (χ3v) is 4.00. The minimum Gasteiger partial charge on any atom is -0.378 e. The molecule has 3 unspecified atom stereocenters. The van der Waals surface area contributed by atoms with Crippen LogP contribution >= 0.6 is 0 Å². The molecular formula is C15H31NO. The smallest absolute Gasteiger partial charge is 0.0588 e. The van der Waals surface area contributed by atoms with Crippen molar-refractivity contribution in [2.75, 3.05) is 13.2 Å². The molecule has 1 N–H and O–H groups in total. The van der Waals surface area contributed by atoms with Crippen LogP contribution in [0, 0.1) is 5.92 Å². The van der Waals surface area contributed by atoms with E-state index in [1.54, 1.807) is 0 Å². The van der Waals surface area contributed by atoms with E-state index in [1.807, 2.05) is 0 Å². The summed E-state index contributed by atoms with van der Waals surface area (Å²) in [4.78, 5) is 0. The molecule has 1 rings (SSSR count). The molecule has 2 heteroatoms. The van der Waals surface area contributed by atoms with E-state index < -0.39 is 0 Å². The van der Waals surface area contributed by atoms with Gasteiger partial charge in [-0.3, -0.25) is 0 Å². The van der Waals surface area contributed by atoms with Crippen LogP contribution < -0.4 is 5.32 Å². The summed E-state index contributed by atoms with van der Waals surface area (Å²) in [6.07, 6.45) is 9.96. The topological polar surface area (TPSA) is 21.3 Å². The Balaban J connectivity index is 1.95. The Labute approximate surface area is 108 Å². The highest BCUT2D eigenvalue weighted by Gasteiger charge is 2.23. The van der Waals surface area contributed by atoms with Crippen LogP contribution in [0.5, 0.6) is 0 Å². The average Bonchev–Trinajstić information content (AvgIpc) is 2.72. The van der Waals surface area contributed by atoms with Crippen LogP contribution in [-0.2, 0) is 4.74 Å². The predicted octanol–water partition coefficient (Wildman–Crippen LogP) is 3.75. The van der Waals surface area contributed by atoms with E-state index in [4.69, 9.17) is 4.74 Å². The van der Waals surface area contributed by atoms with Gasteiger partial charge in [-0.15, -0.1) is 0 Å². The van der Waals surface area contributed by atoms with Gasteiger partial charge in [-0.2, -0.15) is 0 Å². The maximum absolute atomic E-state index is 5.58. The van der Waals surface area contributed by atoms with Gasteiger partial charge in [0, 0.05) is 19.2 Å². The standard InChI is InChI=1S/C15H31NO/c1-4-5-6-7-8-9-13(2)16-12-15-10-11-17-14(15)3/h13-16H,4-12H2,1-3H3. The fourth-order valence-corrected chi connectivity index (χ4v) is 2.55. The zero-order chi connectivity index (χ0) is 12.5. The molecule has 102 valence electrons. The lowest BCUT2D eigenvalue weighted by atomic mass is 10.0. The van der Waals surface area contributed by atoms with Crippen LogP contribution in [0.2, 0.25) is 0 Å². The number of unbranched alkanes of at least 4 members (excludes halogenated alkanes) is 4. The van der Waals surface area contributed by atoms with Gasteiger partial charge < -0.3 is 10.1 Å². The van der Waals surface area contributed by atoms with E-state index in [0.29, 0.717) is 12.1 Å². The lowest BCUT2D eigenvalue weighted by Gasteiger charge is -2.19. The Morgan fingerprint density at radius 1 is 1.24 bits per heavy atom. The quantitative estimate of drug-likeness (QED) is 0.621. The largest absolute Gasteiger partial charge is 0.378 e.